The standard InChI is InChI=1S/C60H84N10O22S2/c1-31-27-70-50(51(31)79)56(84)62-26-38(74)24-41(63-52(80)34-9-11-35(12-10-34)57-67-68-58(93-57)36-13-15-40(16-14-36)91-21-7-5-4-6-20-90-3)53(81)64-47(32(2)73)59(85)69-28-39(75)25-42(69)54(82)65-48(45(78)22-33-8-17-43(76)46(23-33)92-94(87,88)89)55(83)66-49(60(70)86)44(77)18-19-61-37(29-71)30-72/h8-17,23,31-32,37-39,41-42,44-45,47-51,61,71-79,87-89H,4-7,18-22,24-30H2,1-3H3,(H,62,84)(H,63,80)(H,64,81)(H,65,82)(H,66,83)/t31-,32+,38+,39+,41-,42-,44+,45+,47-,48-,49-,50-,51-/m0/s1. The highest BCUT2D eigenvalue weighted by Crippen LogP contribution is 2.41. The lowest BCUT2D eigenvalue weighted by atomic mass is 9.98. The van der Waals surface area contributed by atoms with Crippen LogP contribution in [0.4, 0.5) is 0 Å². The Balaban J connectivity index is 1.18. The average molecular weight is 1360 g/mol. The van der Waals surface area contributed by atoms with E-state index in [-0.39, 0.29) is 17.7 Å². The Hall–Kier alpha value is -7.26. The number of fused-ring (bicyclic) bond motifs is 2. The van der Waals surface area contributed by atoms with E-state index < -0.39 is 207 Å². The van der Waals surface area contributed by atoms with Crippen molar-refractivity contribution in [2.24, 2.45) is 5.92 Å². The number of phenols is 1. The maximum atomic E-state index is 14.9. The van der Waals surface area contributed by atoms with Gasteiger partial charge in [-0.2, -0.15) is 0 Å². The second kappa shape index (κ2) is 34.4. The van der Waals surface area contributed by atoms with Crippen LogP contribution in [0.15, 0.2) is 66.7 Å². The molecule has 0 radical (unpaired) electrons. The van der Waals surface area contributed by atoms with Crippen molar-refractivity contribution in [1.82, 2.24) is 51.9 Å². The summed E-state index contributed by atoms with van der Waals surface area (Å²) in [6.45, 7) is 0.796. The third kappa shape index (κ3) is 20.1. The minimum Gasteiger partial charge on any atom is -0.504 e. The third-order valence-electron chi connectivity index (χ3n) is 16.2. The Kier molecular flexibility index (Phi) is 27.1. The fourth-order valence-electron chi connectivity index (χ4n) is 11.0. The van der Waals surface area contributed by atoms with E-state index in [4.69, 9.17) is 9.47 Å². The number of amides is 7. The van der Waals surface area contributed by atoms with Crippen molar-refractivity contribution in [3.8, 4) is 38.4 Å². The van der Waals surface area contributed by atoms with Gasteiger partial charge in [-0.15, -0.1) is 10.2 Å². The normalized spacial score (nSPS) is 24.8. The van der Waals surface area contributed by atoms with Crippen molar-refractivity contribution in [3.05, 3.63) is 77.9 Å². The molecule has 1 aromatic heterocycles. The van der Waals surface area contributed by atoms with Crippen LogP contribution in [0.3, 0.4) is 0 Å². The maximum absolute atomic E-state index is 14.9. The number of aliphatic hydroxyl groups is 8. The van der Waals surface area contributed by atoms with Gasteiger partial charge < -0.3 is 101 Å². The average Bonchev–Trinajstić information content (AvgIpc) is 1.61. The first-order valence-corrected chi connectivity index (χ1v) is 32.8. The predicted octanol–water partition coefficient (Wildman–Crippen LogP) is -2.04. The van der Waals surface area contributed by atoms with Crippen molar-refractivity contribution in [2.75, 3.05) is 59.7 Å². The molecular formula is C60H84N10O22S2. The fraction of sp³-hybridized carbons (Fsp3) is 0.550. The van der Waals surface area contributed by atoms with Crippen LogP contribution in [0.25, 0.3) is 21.1 Å². The number of ether oxygens (including phenoxy) is 2. The number of aromatic nitrogens is 2. The molecule has 0 aliphatic carbocycles. The van der Waals surface area contributed by atoms with E-state index in [1.54, 1.807) is 19.2 Å². The van der Waals surface area contributed by atoms with Crippen LogP contribution < -0.4 is 40.8 Å². The van der Waals surface area contributed by atoms with Gasteiger partial charge in [0.15, 0.2) is 11.5 Å². The Bertz CT molecular complexity index is 3200. The van der Waals surface area contributed by atoms with Gasteiger partial charge in [-0.25, -0.2) is 0 Å². The van der Waals surface area contributed by atoms with E-state index in [0.29, 0.717) is 27.9 Å². The second-order valence-electron chi connectivity index (χ2n) is 23.4. The van der Waals surface area contributed by atoms with E-state index in [0.717, 1.165) is 72.8 Å². The number of hydrogen-bond acceptors (Lipinski definition) is 26. The monoisotopic (exact) mass is 1360 g/mol. The highest BCUT2D eigenvalue weighted by atomic mass is 32.3. The van der Waals surface area contributed by atoms with Crippen LogP contribution in [0.1, 0.15) is 74.7 Å². The number of aromatic hydroxyl groups is 1. The molecule has 3 aliphatic rings. The van der Waals surface area contributed by atoms with Crippen LogP contribution in [-0.2, 0) is 39.9 Å². The summed E-state index contributed by atoms with van der Waals surface area (Å²) >= 11 is -3.46. The maximum Gasteiger partial charge on any atom is 0.266 e. The molecule has 0 spiro atoms. The molecule has 3 aromatic carbocycles. The number of carbonyl (C=O) groups is 7. The van der Waals surface area contributed by atoms with E-state index >= 15 is 0 Å². The van der Waals surface area contributed by atoms with Crippen molar-refractivity contribution < 1.29 is 107 Å². The smallest absolute Gasteiger partial charge is 0.266 e. The number of benzene rings is 3. The van der Waals surface area contributed by atoms with E-state index in [2.05, 4.69) is 46.3 Å². The lowest BCUT2D eigenvalue weighted by Crippen LogP contribution is -2.64. The number of carbonyl (C=O) groups excluding carboxylic acids is 7. The number of β-amino-alcohol motifs (C(OH)–C–C–N with tert-alkyl or cyclic N) is 1. The van der Waals surface area contributed by atoms with Crippen LogP contribution >= 0.6 is 22.5 Å². The highest BCUT2D eigenvalue weighted by Gasteiger charge is 2.50. The van der Waals surface area contributed by atoms with Gasteiger partial charge in [0.2, 0.25) is 35.4 Å². The molecule has 13 atom stereocenters. The molecule has 3 fully saturated rings. The minimum atomic E-state index is -4.74. The Morgan fingerprint density at radius 1 is 0.734 bits per heavy atom. The molecule has 518 valence electrons. The van der Waals surface area contributed by atoms with Crippen molar-refractivity contribution in [1.29, 1.82) is 0 Å². The Morgan fingerprint density at radius 2 is 1.35 bits per heavy atom. The van der Waals surface area contributed by atoms with Crippen LogP contribution in [0.5, 0.6) is 17.2 Å². The number of phenolic OH excluding ortho intramolecular Hbond substituents is 1. The molecule has 34 heteroatoms. The quantitative estimate of drug-likeness (QED) is 0.0318. The number of aliphatic hydroxyl groups excluding tert-OH is 8. The first kappa shape index (κ1) is 74.1. The van der Waals surface area contributed by atoms with Gasteiger partial charge in [0, 0.05) is 75.2 Å². The third-order valence-corrected chi connectivity index (χ3v) is 17.6. The van der Waals surface area contributed by atoms with Crippen molar-refractivity contribution >= 4 is 63.8 Å². The summed E-state index contributed by atoms with van der Waals surface area (Å²) in [5.74, 6) is -9.83. The molecule has 4 aromatic rings. The second-order valence-corrected chi connectivity index (χ2v) is 25.5. The van der Waals surface area contributed by atoms with E-state index in [1.165, 1.54) is 30.4 Å². The Labute approximate surface area is 546 Å². The van der Waals surface area contributed by atoms with Gasteiger partial charge in [-0.05, 0) is 93.2 Å². The van der Waals surface area contributed by atoms with Crippen LogP contribution in [0.2, 0.25) is 0 Å². The predicted molar refractivity (Wildman–Crippen MR) is 336 cm³/mol. The van der Waals surface area contributed by atoms with Crippen LogP contribution in [-0.4, -0.2) is 260 Å². The summed E-state index contributed by atoms with van der Waals surface area (Å²) in [6.07, 6.45) is -9.13. The summed E-state index contributed by atoms with van der Waals surface area (Å²) in [4.78, 5) is 104. The van der Waals surface area contributed by atoms with Gasteiger partial charge in [0.05, 0.1) is 62.5 Å². The summed E-state index contributed by atoms with van der Waals surface area (Å²) in [6, 6.07) is 3.89. The molecular weight excluding hydrogens is 1280 g/mol. The molecule has 0 unspecified atom stereocenters. The van der Waals surface area contributed by atoms with Gasteiger partial charge in [-0.3, -0.25) is 47.2 Å². The molecule has 0 saturated carbocycles. The molecule has 94 heavy (non-hydrogen) atoms. The van der Waals surface area contributed by atoms with Gasteiger partial charge in [-0.1, -0.05) is 42.9 Å². The highest BCUT2D eigenvalue weighted by molar-refractivity contribution is 8.15. The number of unbranched alkanes of at least 4 members (excludes halogenated alkanes) is 3. The molecule has 3 saturated heterocycles. The summed E-state index contributed by atoms with van der Waals surface area (Å²) in [5.41, 5.74) is 1.28. The molecule has 18 N–H and O–H groups in total. The first-order valence-electron chi connectivity index (χ1n) is 30.5. The van der Waals surface area contributed by atoms with Crippen LogP contribution in [0, 0.1) is 5.92 Å². The largest absolute Gasteiger partial charge is 0.504 e. The van der Waals surface area contributed by atoms with E-state index in [1.807, 2.05) is 24.3 Å². The number of methoxy groups -OCH3 is 1. The Morgan fingerprint density at radius 3 is 1.98 bits per heavy atom. The molecule has 32 nitrogen and oxygen atoms in total. The molecule has 3 aliphatic heterocycles. The fourth-order valence-corrected chi connectivity index (χ4v) is 12.2. The summed E-state index contributed by atoms with van der Waals surface area (Å²) in [7, 11) is 1.68. The summed E-state index contributed by atoms with van der Waals surface area (Å²) in [5, 5.41) is 123. The first-order chi connectivity index (χ1) is 44.7. The molecule has 7 rings (SSSR count). The topological polar surface area (TPSA) is 494 Å². The van der Waals surface area contributed by atoms with Gasteiger partial charge in [0.25, 0.3) is 17.1 Å². The number of nitrogens with zero attached hydrogens (tertiary/aromatic N) is 4. The lowest BCUT2D eigenvalue weighted by molar-refractivity contribution is -0.147. The van der Waals surface area contributed by atoms with E-state index in [9.17, 15) is 93.2 Å². The number of rotatable bonds is 25. The van der Waals surface area contributed by atoms with Crippen molar-refractivity contribution in [3.63, 3.8) is 0 Å². The lowest BCUT2D eigenvalue weighted by Gasteiger charge is -2.34. The zero-order chi connectivity index (χ0) is 68.6. The molecule has 0 bridgehead atoms. The van der Waals surface area contributed by atoms with Gasteiger partial charge in [0.1, 0.15) is 52.0 Å². The zero-order valence-electron chi connectivity index (χ0n) is 51.8. The zero-order valence-corrected chi connectivity index (χ0v) is 53.4. The summed E-state index contributed by atoms with van der Waals surface area (Å²) < 4.78 is 44.3. The number of nitrogens with one attached hydrogen (secondary N) is 6. The molecule has 7 amide bonds. The minimum absolute atomic E-state index is 0.00589. The molecule has 4 heterocycles. The van der Waals surface area contributed by atoms with Crippen molar-refractivity contribution in [2.45, 2.75) is 144 Å². The number of hydrogen-bond donors (Lipinski definition) is 18. The van der Waals surface area contributed by atoms with Gasteiger partial charge >= 0.3 is 0 Å². The SMILES string of the molecule is COCCCCCCOc1ccc(-c2nnc(-c3ccc(C(=O)N[C@H]4C[C@@H](O)CNC(=O)[C@@H]5[C@@H](O)[C@@H](C)CN5C(=O)[C@H]([C@H](O)CCNC(CO)CO)NC(=O)[C@H]([C@H](O)Cc5ccc(O)c(OS(O)(O)O)c5)NC(=O)[C@@H]5C[C@@H](O)CN5C(=O)[C@H]([C@@H](C)O)NC4=O)cc3)s2)cc1.